The van der Waals surface area contributed by atoms with Crippen LogP contribution in [0.4, 0.5) is 0 Å². The summed E-state index contributed by atoms with van der Waals surface area (Å²) in [6.45, 7) is 1.72. The van der Waals surface area contributed by atoms with Gasteiger partial charge < -0.3 is 10.1 Å². The van der Waals surface area contributed by atoms with E-state index in [-0.39, 0.29) is 18.6 Å². The Kier molecular flexibility index (Phi) is 6.05. The highest BCUT2D eigenvalue weighted by Gasteiger charge is 2.16. The second-order valence-electron chi connectivity index (χ2n) is 6.91. The lowest BCUT2D eigenvalue weighted by atomic mass is 10.1. The number of esters is 1. The minimum absolute atomic E-state index is 0.0291. The van der Waals surface area contributed by atoms with E-state index in [0.717, 1.165) is 32.1 Å². The Hall–Kier alpha value is -2.62. The van der Waals surface area contributed by atoms with E-state index in [1.807, 2.05) is 37.3 Å². The molecule has 1 aliphatic rings. The van der Waals surface area contributed by atoms with E-state index in [1.54, 1.807) is 6.07 Å². The molecule has 0 saturated carbocycles. The van der Waals surface area contributed by atoms with Crippen molar-refractivity contribution in [2.45, 2.75) is 45.1 Å². The van der Waals surface area contributed by atoms with Gasteiger partial charge in [0.2, 0.25) is 0 Å². The Bertz CT molecular complexity index is 770. The Labute approximate surface area is 154 Å². The standard InChI is InChI=1S/C22H25NO3/c1-16(10-11-17-6-3-2-4-7-17)23-21(24)15-26-22(25)20-13-12-18-8-5-9-19(18)14-20/h2-4,6-7,12-14,16H,5,8-11,15H2,1H3,(H,23,24)/t16-/m1/s1. The van der Waals surface area contributed by atoms with E-state index >= 15 is 0 Å². The maximum atomic E-state index is 12.1. The molecule has 4 nitrogen and oxygen atoms in total. The monoisotopic (exact) mass is 351 g/mol. The fourth-order valence-corrected chi connectivity index (χ4v) is 3.33. The molecule has 0 saturated heterocycles. The zero-order valence-corrected chi connectivity index (χ0v) is 15.2. The Morgan fingerprint density at radius 1 is 1.08 bits per heavy atom. The molecule has 2 aromatic carbocycles. The number of hydrogen-bond acceptors (Lipinski definition) is 3. The average Bonchev–Trinajstić information content (AvgIpc) is 3.13. The molecule has 0 aromatic heterocycles. The molecule has 0 fully saturated rings. The van der Waals surface area contributed by atoms with Gasteiger partial charge in [0.25, 0.3) is 5.91 Å². The van der Waals surface area contributed by atoms with Crippen LogP contribution in [0.15, 0.2) is 48.5 Å². The van der Waals surface area contributed by atoms with Crippen LogP contribution in [0.2, 0.25) is 0 Å². The normalized spacial score (nSPS) is 13.7. The molecule has 0 unspecified atom stereocenters. The lowest BCUT2D eigenvalue weighted by Gasteiger charge is -2.14. The molecule has 1 N–H and O–H groups in total. The molecular weight excluding hydrogens is 326 g/mol. The van der Waals surface area contributed by atoms with Crippen LogP contribution in [0, 0.1) is 0 Å². The first-order chi connectivity index (χ1) is 12.6. The first-order valence-electron chi connectivity index (χ1n) is 9.24. The molecule has 26 heavy (non-hydrogen) atoms. The SMILES string of the molecule is C[C@H](CCc1ccccc1)NC(=O)COC(=O)c1ccc2c(c1)CCC2. The number of aryl methyl sites for hydroxylation is 3. The van der Waals surface area contributed by atoms with Crippen molar-refractivity contribution < 1.29 is 14.3 Å². The van der Waals surface area contributed by atoms with Gasteiger partial charge in [-0.15, -0.1) is 0 Å². The molecule has 1 aliphatic carbocycles. The van der Waals surface area contributed by atoms with Gasteiger partial charge >= 0.3 is 5.97 Å². The van der Waals surface area contributed by atoms with Crippen LogP contribution in [-0.4, -0.2) is 24.5 Å². The van der Waals surface area contributed by atoms with Crippen LogP contribution in [0.5, 0.6) is 0 Å². The van der Waals surface area contributed by atoms with E-state index in [2.05, 4.69) is 17.4 Å². The van der Waals surface area contributed by atoms with Crippen LogP contribution >= 0.6 is 0 Å². The zero-order valence-electron chi connectivity index (χ0n) is 15.2. The summed E-state index contributed by atoms with van der Waals surface area (Å²) in [5.41, 5.74) is 4.30. The van der Waals surface area contributed by atoms with Gasteiger partial charge in [0.1, 0.15) is 0 Å². The molecule has 0 heterocycles. The summed E-state index contributed by atoms with van der Waals surface area (Å²) in [4.78, 5) is 24.1. The Balaban J connectivity index is 1.41. The van der Waals surface area contributed by atoms with Crippen molar-refractivity contribution in [3.8, 4) is 0 Å². The summed E-state index contributed by atoms with van der Waals surface area (Å²) in [6, 6.07) is 15.9. The van der Waals surface area contributed by atoms with Gasteiger partial charge in [-0.1, -0.05) is 36.4 Å². The minimum atomic E-state index is -0.438. The number of hydrogen-bond donors (Lipinski definition) is 1. The van der Waals surface area contributed by atoms with E-state index in [1.165, 1.54) is 16.7 Å². The fraction of sp³-hybridized carbons (Fsp3) is 0.364. The number of carbonyl (C=O) groups excluding carboxylic acids is 2. The first kappa shape index (κ1) is 18.2. The second-order valence-corrected chi connectivity index (χ2v) is 6.91. The predicted octanol–water partition coefficient (Wildman–Crippen LogP) is 3.47. The molecule has 1 atom stereocenters. The molecule has 1 amide bonds. The third-order valence-corrected chi connectivity index (χ3v) is 4.78. The van der Waals surface area contributed by atoms with Crippen molar-refractivity contribution in [1.29, 1.82) is 0 Å². The molecule has 4 heteroatoms. The highest BCUT2D eigenvalue weighted by Crippen LogP contribution is 2.23. The summed E-state index contributed by atoms with van der Waals surface area (Å²) in [6.07, 6.45) is 4.96. The summed E-state index contributed by atoms with van der Waals surface area (Å²) in [5.74, 6) is -0.702. The Morgan fingerprint density at radius 3 is 2.65 bits per heavy atom. The van der Waals surface area contributed by atoms with E-state index < -0.39 is 5.97 Å². The molecular formula is C22H25NO3. The van der Waals surface area contributed by atoms with Gasteiger partial charge in [-0.25, -0.2) is 4.79 Å². The van der Waals surface area contributed by atoms with Crippen molar-refractivity contribution in [2.24, 2.45) is 0 Å². The zero-order chi connectivity index (χ0) is 18.4. The number of rotatable bonds is 7. The summed E-state index contributed by atoms with van der Waals surface area (Å²) in [7, 11) is 0. The molecule has 0 spiro atoms. The van der Waals surface area contributed by atoms with Crippen LogP contribution < -0.4 is 5.32 Å². The summed E-state index contributed by atoms with van der Waals surface area (Å²) in [5, 5.41) is 2.88. The van der Waals surface area contributed by atoms with Crippen LogP contribution in [0.3, 0.4) is 0 Å². The van der Waals surface area contributed by atoms with Crippen molar-refractivity contribution in [1.82, 2.24) is 5.32 Å². The number of nitrogens with one attached hydrogen (secondary N) is 1. The lowest BCUT2D eigenvalue weighted by molar-refractivity contribution is -0.124. The number of amides is 1. The summed E-state index contributed by atoms with van der Waals surface area (Å²) >= 11 is 0. The number of fused-ring (bicyclic) bond motifs is 1. The fourth-order valence-electron chi connectivity index (χ4n) is 3.33. The van der Waals surface area contributed by atoms with Gasteiger partial charge in [0.15, 0.2) is 6.61 Å². The van der Waals surface area contributed by atoms with Gasteiger partial charge in [0.05, 0.1) is 5.56 Å². The van der Waals surface area contributed by atoms with Crippen molar-refractivity contribution in [2.75, 3.05) is 6.61 Å². The molecule has 0 aliphatic heterocycles. The van der Waals surface area contributed by atoms with Crippen LogP contribution in [0.1, 0.15) is 46.8 Å². The maximum Gasteiger partial charge on any atom is 0.338 e. The van der Waals surface area contributed by atoms with E-state index in [0.29, 0.717) is 5.56 Å². The number of carbonyl (C=O) groups is 2. The van der Waals surface area contributed by atoms with Crippen molar-refractivity contribution >= 4 is 11.9 Å². The number of ether oxygens (including phenoxy) is 1. The smallest absolute Gasteiger partial charge is 0.338 e. The van der Waals surface area contributed by atoms with E-state index in [9.17, 15) is 9.59 Å². The highest BCUT2D eigenvalue weighted by atomic mass is 16.5. The van der Waals surface area contributed by atoms with Crippen LogP contribution in [0.25, 0.3) is 0 Å². The highest BCUT2D eigenvalue weighted by molar-refractivity contribution is 5.91. The second kappa shape index (κ2) is 8.65. The van der Waals surface area contributed by atoms with Gasteiger partial charge in [-0.3, -0.25) is 4.79 Å². The maximum absolute atomic E-state index is 12.1. The molecule has 2 aromatic rings. The average molecular weight is 351 g/mol. The summed E-state index contributed by atoms with van der Waals surface area (Å²) < 4.78 is 5.16. The molecule has 3 rings (SSSR count). The largest absolute Gasteiger partial charge is 0.452 e. The Morgan fingerprint density at radius 2 is 1.85 bits per heavy atom. The van der Waals surface area contributed by atoms with Gasteiger partial charge in [-0.05, 0) is 67.9 Å². The quantitative estimate of drug-likeness (QED) is 0.777. The first-order valence-corrected chi connectivity index (χ1v) is 9.24. The van der Waals surface area contributed by atoms with Crippen molar-refractivity contribution in [3.63, 3.8) is 0 Å². The third-order valence-electron chi connectivity index (χ3n) is 4.78. The number of benzene rings is 2. The predicted molar refractivity (Wildman–Crippen MR) is 101 cm³/mol. The molecule has 136 valence electrons. The van der Waals surface area contributed by atoms with Crippen LogP contribution in [-0.2, 0) is 28.8 Å². The lowest BCUT2D eigenvalue weighted by Crippen LogP contribution is -2.36. The topological polar surface area (TPSA) is 55.4 Å². The van der Waals surface area contributed by atoms with Gasteiger partial charge in [0, 0.05) is 6.04 Å². The minimum Gasteiger partial charge on any atom is -0.452 e. The molecule has 0 bridgehead atoms. The van der Waals surface area contributed by atoms with E-state index in [4.69, 9.17) is 4.74 Å². The van der Waals surface area contributed by atoms with Gasteiger partial charge in [-0.2, -0.15) is 0 Å². The van der Waals surface area contributed by atoms with Crippen molar-refractivity contribution in [3.05, 3.63) is 70.8 Å². The third kappa shape index (κ3) is 4.94. The molecule has 0 radical (unpaired) electrons.